The van der Waals surface area contributed by atoms with Crippen molar-refractivity contribution in [1.29, 1.82) is 0 Å². The lowest BCUT2D eigenvalue weighted by Gasteiger charge is -2.14. The van der Waals surface area contributed by atoms with Crippen molar-refractivity contribution >= 4 is 5.91 Å². The van der Waals surface area contributed by atoms with Crippen molar-refractivity contribution in [2.24, 2.45) is 0 Å². The highest BCUT2D eigenvalue weighted by Crippen LogP contribution is 2.12. The summed E-state index contributed by atoms with van der Waals surface area (Å²) in [7, 11) is 0. The van der Waals surface area contributed by atoms with Gasteiger partial charge in [-0.15, -0.1) is 0 Å². The van der Waals surface area contributed by atoms with Crippen LogP contribution in [0.15, 0.2) is 18.3 Å². The SMILES string of the molecule is O=C(c1cc[c]nc1)N1CC[C@@H](O)C1. The first kappa shape index (κ1) is 9.15. The van der Waals surface area contributed by atoms with E-state index >= 15 is 0 Å². The highest BCUT2D eigenvalue weighted by Gasteiger charge is 2.25. The van der Waals surface area contributed by atoms with E-state index in [1.54, 1.807) is 17.0 Å². The third-order valence-electron chi connectivity index (χ3n) is 2.31. The van der Waals surface area contributed by atoms with Crippen molar-refractivity contribution < 1.29 is 9.90 Å². The second-order valence-electron chi connectivity index (χ2n) is 3.37. The fourth-order valence-corrected chi connectivity index (χ4v) is 1.56. The van der Waals surface area contributed by atoms with Crippen LogP contribution in [0.3, 0.4) is 0 Å². The quantitative estimate of drug-likeness (QED) is 0.684. The lowest BCUT2D eigenvalue weighted by Crippen LogP contribution is -2.29. The Morgan fingerprint density at radius 1 is 1.71 bits per heavy atom. The number of β-amino-alcohol motifs (C(OH)–C–C–N with tert-alkyl or cyclic N) is 1. The second kappa shape index (κ2) is 3.75. The molecule has 73 valence electrons. The summed E-state index contributed by atoms with van der Waals surface area (Å²) in [5.74, 6) is -0.0666. The van der Waals surface area contributed by atoms with Crippen molar-refractivity contribution in [3.05, 3.63) is 30.1 Å². The fourth-order valence-electron chi connectivity index (χ4n) is 1.56. The molecule has 1 aromatic rings. The highest BCUT2D eigenvalue weighted by atomic mass is 16.3. The molecule has 4 heteroatoms. The van der Waals surface area contributed by atoms with Gasteiger partial charge in [-0.2, -0.15) is 0 Å². The molecule has 0 saturated carbocycles. The molecule has 1 aliphatic rings. The largest absolute Gasteiger partial charge is 0.391 e. The number of carbonyl (C=O) groups is 1. The zero-order valence-electron chi connectivity index (χ0n) is 7.68. The number of likely N-dealkylation sites (tertiary alicyclic amines) is 1. The van der Waals surface area contributed by atoms with Crippen LogP contribution >= 0.6 is 0 Å². The monoisotopic (exact) mass is 191 g/mol. The number of aliphatic hydroxyl groups excluding tert-OH is 1. The summed E-state index contributed by atoms with van der Waals surface area (Å²) in [5.41, 5.74) is 0.554. The van der Waals surface area contributed by atoms with Crippen molar-refractivity contribution in [2.45, 2.75) is 12.5 Å². The van der Waals surface area contributed by atoms with Gasteiger partial charge in [0.15, 0.2) is 0 Å². The van der Waals surface area contributed by atoms with Gasteiger partial charge in [-0.25, -0.2) is 0 Å². The summed E-state index contributed by atoms with van der Waals surface area (Å²) in [5, 5.41) is 9.28. The summed E-state index contributed by atoms with van der Waals surface area (Å²) in [6.45, 7) is 1.05. The first-order chi connectivity index (χ1) is 6.77. The van der Waals surface area contributed by atoms with Crippen LogP contribution in [0.25, 0.3) is 0 Å². The Bertz CT molecular complexity index is 326. The maximum Gasteiger partial charge on any atom is 0.255 e. The van der Waals surface area contributed by atoms with Gasteiger partial charge in [0.1, 0.15) is 0 Å². The van der Waals surface area contributed by atoms with Crippen LogP contribution in [0.1, 0.15) is 16.8 Å². The average Bonchev–Trinajstić information content (AvgIpc) is 2.65. The lowest BCUT2D eigenvalue weighted by atomic mass is 10.2. The summed E-state index contributed by atoms with van der Waals surface area (Å²) in [4.78, 5) is 17.2. The van der Waals surface area contributed by atoms with Gasteiger partial charge in [-0.05, 0) is 18.6 Å². The minimum Gasteiger partial charge on any atom is -0.391 e. The van der Waals surface area contributed by atoms with Crippen LogP contribution in [-0.2, 0) is 0 Å². The first-order valence-electron chi connectivity index (χ1n) is 4.57. The molecule has 1 atom stereocenters. The molecule has 2 rings (SSSR count). The maximum atomic E-state index is 11.8. The van der Waals surface area contributed by atoms with E-state index in [0.29, 0.717) is 25.1 Å². The minimum absolute atomic E-state index is 0.0666. The van der Waals surface area contributed by atoms with Gasteiger partial charge >= 0.3 is 0 Å². The van der Waals surface area contributed by atoms with E-state index in [-0.39, 0.29) is 12.0 Å². The fraction of sp³-hybridized carbons (Fsp3) is 0.400. The van der Waals surface area contributed by atoms with E-state index in [9.17, 15) is 9.90 Å². The van der Waals surface area contributed by atoms with Gasteiger partial charge in [-0.3, -0.25) is 9.78 Å². The van der Waals surface area contributed by atoms with Crippen molar-refractivity contribution in [1.82, 2.24) is 9.88 Å². The van der Waals surface area contributed by atoms with E-state index in [2.05, 4.69) is 11.2 Å². The van der Waals surface area contributed by atoms with Crippen LogP contribution in [0, 0.1) is 6.20 Å². The van der Waals surface area contributed by atoms with Gasteiger partial charge in [0.2, 0.25) is 0 Å². The molecule has 1 aliphatic heterocycles. The molecule has 1 saturated heterocycles. The molecule has 1 aromatic heterocycles. The zero-order chi connectivity index (χ0) is 9.97. The summed E-state index contributed by atoms with van der Waals surface area (Å²) in [6, 6.07) is 3.29. The number of hydrogen-bond donors (Lipinski definition) is 1. The van der Waals surface area contributed by atoms with Gasteiger partial charge in [0.25, 0.3) is 5.91 Å². The standard InChI is InChI=1S/C10H11N2O2/c13-9-3-5-12(7-9)10(14)8-2-1-4-11-6-8/h1-2,6,9,13H,3,5,7H2/t9-/m1/s1. The Hall–Kier alpha value is -1.42. The predicted molar refractivity (Wildman–Crippen MR) is 49.6 cm³/mol. The number of nitrogens with zero attached hydrogens (tertiary/aromatic N) is 2. The number of rotatable bonds is 1. The molecule has 2 heterocycles. The van der Waals surface area contributed by atoms with Crippen LogP contribution in [0.4, 0.5) is 0 Å². The number of pyridine rings is 1. The Kier molecular flexibility index (Phi) is 2.45. The van der Waals surface area contributed by atoms with Crippen molar-refractivity contribution in [3.8, 4) is 0 Å². The molecule has 0 unspecified atom stereocenters. The Balaban J connectivity index is 2.10. The van der Waals surface area contributed by atoms with E-state index in [4.69, 9.17) is 0 Å². The van der Waals surface area contributed by atoms with Gasteiger partial charge in [0.05, 0.1) is 17.9 Å². The molecule has 0 aliphatic carbocycles. The Labute approximate surface area is 82.2 Å². The Morgan fingerprint density at radius 2 is 2.57 bits per heavy atom. The van der Waals surface area contributed by atoms with Crippen LogP contribution in [-0.4, -0.2) is 40.1 Å². The Morgan fingerprint density at radius 3 is 3.14 bits per heavy atom. The topological polar surface area (TPSA) is 53.4 Å². The van der Waals surface area contributed by atoms with E-state index in [1.807, 2.05) is 0 Å². The van der Waals surface area contributed by atoms with Gasteiger partial charge in [-0.1, -0.05) is 0 Å². The number of aromatic nitrogens is 1. The van der Waals surface area contributed by atoms with Crippen LogP contribution in [0.5, 0.6) is 0 Å². The van der Waals surface area contributed by atoms with E-state index in [1.165, 1.54) is 6.20 Å². The van der Waals surface area contributed by atoms with Crippen LogP contribution in [0.2, 0.25) is 0 Å². The molecule has 0 aromatic carbocycles. The normalized spacial score (nSPS) is 21.2. The summed E-state index contributed by atoms with van der Waals surface area (Å²) >= 11 is 0. The third-order valence-corrected chi connectivity index (χ3v) is 2.31. The van der Waals surface area contributed by atoms with Gasteiger partial charge < -0.3 is 10.0 Å². The van der Waals surface area contributed by atoms with Gasteiger partial charge in [0, 0.05) is 19.3 Å². The molecule has 1 N–H and O–H groups in total. The van der Waals surface area contributed by atoms with Crippen LogP contribution < -0.4 is 0 Å². The predicted octanol–water partition coefficient (Wildman–Crippen LogP) is 0.0886. The summed E-state index contributed by atoms with van der Waals surface area (Å²) in [6.07, 6.45) is 4.40. The third kappa shape index (κ3) is 1.75. The number of hydrogen-bond acceptors (Lipinski definition) is 3. The number of carbonyl (C=O) groups excluding carboxylic acids is 1. The smallest absolute Gasteiger partial charge is 0.255 e. The minimum atomic E-state index is -0.373. The number of aliphatic hydroxyl groups is 1. The molecule has 0 spiro atoms. The average molecular weight is 191 g/mol. The summed E-state index contributed by atoms with van der Waals surface area (Å²) < 4.78 is 0. The number of amides is 1. The zero-order valence-corrected chi connectivity index (χ0v) is 7.68. The molecule has 14 heavy (non-hydrogen) atoms. The van der Waals surface area contributed by atoms with Crippen molar-refractivity contribution in [3.63, 3.8) is 0 Å². The molecule has 1 amide bonds. The molecule has 0 bridgehead atoms. The van der Waals surface area contributed by atoms with E-state index < -0.39 is 0 Å². The molecular weight excluding hydrogens is 180 g/mol. The first-order valence-corrected chi connectivity index (χ1v) is 4.57. The second-order valence-corrected chi connectivity index (χ2v) is 3.37. The van der Waals surface area contributed by atoms with Crippen molar-refractivity contribution in [2.75, 3.05) is 13.1 Å². The lowest BCUT2D eigenvalue weighted by molar-refractivity contribution is 0.0764. The maximum absolute atomic E-state index is 11.8. The highest BCUT2D eigenvalue weighted by molar-refractivity contribution is 5.94. The van der Waals surface area contributed by atoms with E-state index in [0.717, 1.165) is 0 Å². The molecule has 1 radical (unpaired) electrons. The molecular formula is C10H11N2O2. The molecule has 1 fully saturated rings. The molecule has 4 nitrogen and oxygen atoms in total.